The standard InChI is InChI=1S/C27H52O3Si3/c1-12-33(13-2,14-3)29-22(19-23-21-28-23)20-25(30-32(10,11)27(4,5)6)24-17-15-16-18-26(24)31(7,8)9/h15-18,22-23,25H,12-14,19-21H2,1-11H3/t22-,23+,25-/m1/s1. The summed E-state index contributed by atoms with van der Waals surface area (Å²) in [6, 6.07) is 12.6. The quantitative estimate of drug-likeness (QED) is 0.201. The van der Waals surface area contributed by atoms with Gasteiger partial charge in [0.2, 0.25) is 0 Å². The maximum absolute atomic E-state index is 7.23. The van der Waals surface area contributed by atoms with E-state index < -0.39 is 24.7 Å². The molecule has 33 heavy (non-hydrogen) atoms. The molecule has 0 saturated carbocycles. The number of hydrogen-bond acceptors (Lipinski definition) is 3. The van der Waals surface area contributed by atoms with Gasteiger partial charge in [0.25, 0.3) is 0 Å². The van der Waals surface area contributed by atoms with Gasteiger partial charge in [0, 0.05) is 12.8 Å². The van der Waals surface area contributed by atoms with Crippen LogP contribution in [0.2, 0.25) is 55.9 Å². The molecule has 0 spiro atoms. The van der Waals surface area contributed by atoms with Gasteiger partial charge in [-0.2, -0.15) is 0 Å². The van der Waals surface area contributed by atoms with E-state index in [1.54, 1.807) is 0 Å². The molecule has 6 heteroatoms. The van der Waals surface area contributed by atoms with Crippen LogP contribution in [0, 0.1) is 0 Å². The van der Waals surface area contributed by atoms with Crippen LogP contribution in [-0.2, 0) is 13.6 Å². The van der Waals surface area contributed by atoms with Crippen LogP contribution in [-0.4, -0.2) is 43.5 Å². The fourth-order valence-corrected chi connectivity index (χ4v) is 10.4. The van der Waals surface area contributed by atoms with Crippen LogP contribution < -0.4 is 5.19 Å². The summed E-state index contributed by atoms with van der Waals surface area (Å²) < 4.78 is 20.0. The Kier molecular flexibility index (Phi) is 9.85. The summed E-state index contributed by atoms with van der Waals surface area (Å²) in [6.07, 6.45) is 2.58. The molecule has 190 valence electrons. The molecule has 2 rings (SSSR count). The van der Waals surface area contributed by atoms with Gasteiger partial charge in [-0.05, 0) is 41.8 Å². The third kappa shape index (κ3) is 7.87. The lowest BCUT2D eigenvalue weighted by atomic mass is 10.0. The maximum Gasteiger partial charge on any atom is 0.192 e. The van der Waals surface area contributed by atoms with E-state index in [0.29, 0.717) is 6.10 Å². The Hall–Kier alpha value is -0.249. The van der Waals surface area contributed by atoms with Crippen LogP contribution in [0.5, 0.6) is 0 Å². The Morgan fingerprint density at radius 3 is 1.94 bits per heavy atom. The Morgan fingerprint density at radius 2 is 1.48 bits per heavy atom. The summed E-state index contributed by atoms with van der Waals surface area (Å²) in [7, 11) is -5.21. The predicted octanol–water partition coefficient (Wildman–Crippen LogP) is 7.86. The van der Waals surface area contributed by atoms with Crippen molar-refractivity contribution in [3.05, 3.63) is 29.8 Å². The smallest absolute Gasteiger partial charge is 0.192 e. The van der Waals surface area contributed by atoms with E-state index in [1.165, 1.54) is 28.9 Å². The Bertz CT molecular complexity index is 735. The molecule has 3 atom stereocenters. The van der Waals surface area contributed by atoms with Crippen molar-refractivity contribution in [2.75, 3.05) is 6.61 Å². The van der Waals surface area contributed by atoms with Gasteiger partial charge in [0.15, 0.2) is 16.6 Å². The Labute approximate surface area is 208 Å². The monoisotopic (exact) mass is 508 g/mol. The van der Waals surface area contributed by atoms with E-state index in [9.17, 15) is 0 Å². The molecule has 1 aliphatic heterocycles. The van der Waals surface area contributed by atoms with Gasteiger partial charge in [0.1, 0.15) is 0 Å². The summed E-state index contributed by atoms with van der Waals surface area (Å²) >= 11 is 0. The van der Waals surface area contributed by atoms with Crippen molar-refractivity contribution in [3.8, 4) is 0 Å². The number of hydrogen-bond donors (Lipinski definition) is 0. The maximum atomic E-state index is 7.23. The fraction of sp³-hybridized carbons (Fsp3) is 0.778. The minimum absolute atomic E-state index is 0.0786. The lowest BCUT2D eigenvalue weighted by Gasteiger charge is -2.42. The number of rotatable bonds is 13. The lowest BCUT2D eigenvalue weighted by Crippen LogP contribution is -2.47. The molecule has 1 fully saturated rings. The minimum atomic E-state index is -1.97. The normalized spacial score (nSPS) is 19.4. The van der Waals surface area contributed by atoms with Gasteiger partial charge in [-0.15, -0.1) is 0 Å². The Balaban J connectivity index is 2.47. The fourth-order valence-electron chi connectivity index (χ4n) is 4.51. The van der Waals surface area contributed by atoms with Crippen LogP contribution in [0.25, 0.3) is 0 Å². The Morgan fingerprint density at radius 1 is 0.939 bits per heavy atom. The van der Waals surface area contributed by atoms with Gasteiger partial charge in [-0.25, -0.2) is 0 Å². The van der Waals surface area contributed by atoms with Crippen molar-refractivity contribution in [1.29, 1.82) is 0 Å². The molecule has 0 unspecified atom stereocenters. The molecule has 1 aromatic carbocycles. The van der Waals surface area contributed by atoms with Crippen LogP contribution >= 0.6 is 0 Å². The number of epoxide rings is 1. The van der Waals surface area contributed by atoms with Gasteiger partial charge in [0.05, 0.1) is 33.0 Å². The number of benzene rings is 1. The summed E-state index contributed by atoms with van der Waals surface area (Å²) in [4.78, 5) is 0. The van der Waals surface area contributed by atoms with Crippen LogP contribution in [0.4, 0.5) is 0 Å². The van der Waals surface area contributed by atoms with E-state index in [4.69, 9.17) is 13.6 Å². The highest BCUT2D eigenvalue weighted by Gasteiger charge is 2.42. The number of ether oxygens (including phenoxy) is 1. The van der Waals surface area contributed by atoms with Crippen molar-refractivity contribution in [3.63, 3.8) is 0 Å². The summed E-state index contributed by atoms with van der Waals surface area (Å²) in [6.45, 7) is 27.0. The van der Waals surface area contributed by atoms with E-state index in [2.05, 4.69) is 98.5 Å². The molecular formula is C27H52O3Si3. The predicted molar refractivity (Wildman–Crippen MR) is 151 cm³/mol. The highest BCUT2D eigenvalue weighted by molar-refractivity contribution is 6.89. The largest absolute Gasteiger partial charge is 0.414 e. The molecular weight excluding hydrogens is 457 g/mol. The molecule has 0 aliphatic carbocycles. The highest BCUT2D eigenvalue weighted by atomic mass is 28.4. The summed E-state index contributed by atoms with van der Waals surface area (Å²) in [5.41, 5.74) is 1.41. The highest BCUT2D eigenvalue weighted by Crippen LogP contribution is 2.42. The second-order valence-corrected chi connectivity index (χ2v) is 27.1. The third-order valence-electron chi connectivity index (χ3n) is 8.11. The second kappa shape index (κ2) is 11.2. The second-order valence-electron chi connectivity index (χ2n) is 12.6. The molecule has 3 nitrogen and oxygen atoms in total. The SMILES string of the molecule is CC[Si](CC)(CC)O[C@H](C[C@H]1CO1)C[C@@H](O[Si](C)(C)C(C)(C)C)c1ccccc1[Si](C)(C)C. The average molecular weight is 509 g/mol. The van der Waals surface area contributed by atoms with E-state index >= 15 is 0 Å². The molecule has 1 heterocycles. The van der Waals surface area contributed by atoms with Gasteiger partial charge < -0.3 is 13.6 Å². The first kappa shape index (κ1) is 29.0. The first-order valence-electron chi connectivity index (χ1n) is 13.2. The van der Waals surface area contributed by atoms with Crippen molar-refractivity contribution in [2.45, 2.75) is 129 Å². The van der Waals surface area contributed by atoms with E-state index in [1.807, 2.05) is 0 Å². The lowest BCUT2D eigenvalue weighted by molar-refractivity contribution is 0.0842. The third-order valence-corrected chi connectivity index (χ3v) is 19.4. The van der Waals surface area contributed by atoms with E-state index in [0.717, 1.165) is 19.4 Å². The first-order chi connectivity index (χ1) is 15.2. The summed E-state index contributed by atoms with van der Waals surface area (Å²) in [5.74, 6) is 0. The van der Waals surface area contributed by atoms with Gasteiger partial charge in [-0.1, -0.05) is 90.6 Å². The molecule has 0 amide bonds. The first-order valence-corrected chi connectivity index (χ1v) is 22.2. The zero-order valence-corrected chi connectivity index (χ0v) is 26.5. The van der Waals surface area contributed by atoms with Crippen LogP contribution in [0.1, 0.15) is 66.1 Å². The summed E-state index contributed by atoms with van der Waals surface area (Å²) in [5, 5.41) is 1.70. The zero-order valence-electron chi connectivity index (χ0n) is 23.5. The average Bonchev–Trinajstić information content (AvgIpc) is 3.54. The zero-order chi connectivity index (χ0) is 25.1. The van der Waals surface area contributed by atoms with Crippen molar-refractivity contribution in [2.24, 2.45) is 0 Å². The molecule has 1 aliphatic rings. The van der Waals surface area contributed by atoms with Crippen molar-refractivity contribution < 1.29 is 13.6 Å². The van der Waals surface area contributed by atoms with Gasteiger partial charge in [-0.3, -0.25) is 0 Å². The molecule has 0 bridgehead atoms. The van der Waals surface area contributed by atoms with Crippen LogP contribution in [0.15, 0.2) is 24.3 Å². The topological polar surface area (TPSA) is 31.0 Å². The molecule has 0 N–H and O–H groups in total. The minimum Gasteiger partial charge on any atom is -0.414 e. The molecule has 1 saturated heterocycles. The van der Waals surface area contributed by atoms with Gasteiger partial charge >= 0.3 is 0 Å². The van der Waals surface area contributed by atoms with Crippen molar-refractivity contribution >= 4 is 29.9 Å². The molecule has 0 radical (unpaired) electrons. The van der Waals surface area contributed by atoms with Crippen LogP contribution in [0.3, 0.4) is 0 Å². The molecule has 0 aromatic heterocycles. The van der Waals surface area contributed by atoms with Crippen molar-refractivity contribution in [1.82, 2.24) is 0 Å². The molecule has 1 aromatic rings. The van der Waals surface area contributed by atoms with E-state index in [-0.39, 0.29) is 17.2 Å².